The molecule has 3 heterocycles. The van der Waals surface area contributed by atoms with Crippen molar-refractivity contribution in [2.24, 2.45) is 33.5 Å². The van der Waals surface area contributed by atoms with Gasteiger partial charge in [0.25, 0.3) is 0 Å². The molecule has 0 saturated heterocycles. The van der Waals surface area contributed by atoms with E-state index in [1.807, 2.05) is 0 Å². The Morgan fingerprint density at radius 1 is 1.02 bits per heavy atom. The number of esters is 1. The van der Waals surface area contributed by atoms with Crippen molar-refractivity contribution < 1.29 is 27.4 Å². The zero-order chi connectivity index (χ0) is 29.5. The number of dihydropyridines is 1. The average molecular weight is 607 g/mol. The van der Waals surface area contributed by atoms with Crippen molar-refractivity contribution in [2.75, 3.05) is 19.8 Å². The molecule has 1 unspecified atom stereocenters. The van der Waals surface area contributed by atoms with E-state index < -0.39 is 23.8 Å². The molecule has 2 saturated carbocycles. The topological polar surface area (TPSA) is 99.2 Å². The number of nitrogens with zero attached hydrogens (tertiary/aromatic N) is 3. The van der Waals surface area contributed by atoms with E-state index in [-0.39, 0.29) is 24.4 Å². The Labute approximate surface area is 249 Å². The molecule has 1 aromatic rings. The normalized spacial score (nSPS) is 22.3. The van der Waals surface area contributed by atoms with Crippen LogP contribution in [0.5, 0.6) is 0 Å². The number of hydrogen-bond acceptors (Lipinski definition) is 8. The zero-order valence-corrected chi connectivity index (χ0v) is 24.9. The second-order valence-electron chi connectivity index (χ2n) is 12.0. The third-order valence-electron chi connectivity index (χ3n) is 8.95. The molecule has 1 atom stereocenters. The van der Waals surface area contributed by atoms with Gasteiger partial charge in [0, 0.05) is 18.0 Å². The van der Waals surface area contributed by atoms with Gasteiger partial charge in [0.1, 0.15) is 5.01 Å². The second kappa shape index (κ2) is 14.2. The minimum absolute atomic E-state index is 0.177. The van der Waals surface area contributed by atoms with Crippen molar-refractivity contribution in [3.8, 4) is 0 Å². The predicted molar refractivity (Wildman–Crippen MR) is 158 cm³/mol. The smallest absolute Gasteiger partial charge is 0.434 e. The van der Waals surface area contributed by atoms with Crippen LogP contribution >= 0.6 is 11.3 Å². The summed E-state index contributed by atoms with van der Waals surface area (Å²) in [6.45, 7) is 1.03. The Bertz CT molecular complexity index is 1220. The van der Waals surface area contributed by atoms with Crippen LogP contribution in [0.15, 0.2) is 32.7 Å². The molecule has 11 heteroatoms. The van der Waals surface area contributed by atoms with E-state index in [1.165, 1.54) is 57.6 Å². The molecule has 42 heavy (non-hydrogen) atoms. The van der Waals surface area contributed by atoms with Gasteiger partial charge in [-0.05, 0) is 55.1 Å². The molecule has 5 rings (SSSR count). The summed E-state index contributed by atoms with van der Waals surface area (Å²) in [4.78, 5) is 25.9. The third kappa shape index (κ3) is 8.02. The summed E-state index contributed by atoms with van der Waals surface area (Å²) in [6.07, 6.45) is 11.5. The molecular weight excluding hydrogens is 565 g/mol. The van der Waals surface area contributed by atoms with Crippen LogP contribution in [-0.4, -0.2) is 42.4 Å². The standard InChI is InChI=1S/C31H41F3N4O3S/c32-31(33,34)26-19-42-29(38-26)24-16-27(35)36-18-25(24)23-15-22(30(39)41-14-6-12-21-9-3-4-10-21)17-37-28(23)40-13-5-11-20-7-1-2-8-20/h17,19-21,23H,1-16,18H2,(H2,35,36). The van der Waals surface area contributed by atoms with Crippen molar-refractivity contribution in [1.82, 2.24) is 4.98 Å². The monoisotopic (exact) mass is 606 g/mol. The number of halogens is 3. The summed E-state index contributed by atoms with van der Waals surface area (Å²) < 4.78 is 52.0. The van der Waals surface area contributed by atoms with E-state index in [2.05, 4.69) is 15.0 Å². The molecular formula is C31H41F3N4O3S. The molecule has 230 valence electrons. The highest BCUT2D eigenvalue weighted by molar-refractivity contribution is 7.10. The Morgan fingerprint density at radius 2 is 1.69 bits per heavy atom. The van der Waals surface area contributed by atoms with E-state index >= 15 is 0 Å². The predicted octanol–water partition coefficient (Wildman–Crippen LogP) is 7.48. The summed E-state index contributed by atoms with van der Waals surface area (Å²) in [6, 6.07) is 0. The number of rotatable bonds is 11. The first-order valence-corrected chi connectivity index (χ1v) is 16.3. The molecule has 7 nitrogen and oxygen atoms in total. The lowest BCUT2D eigenvalue weighted by atomic mass is 9.85. The van der Waals surface area contributed by atoms with Crippen LogP contribution in [0.3, 0.4) is 0 Å². The maximum absolute atomic E-state index is 13.4. The first-order chi connectivity index (χ1) is 20.3. The van der Waals surface area contributed by atoms with Crippen LogP contribution in [0.1, 0.15) is 101 Å². The number of amidine groups is 1. The van der Waals surface area contributed by atoms with Crippen LogP contribution < -0.4 is 5.73 Å². The summed E-state index contributed by atoms with van der Waals surface area (Å²) in [5.74, 6) is 1.38. The number of ether oxygens (including phenoxy) is 2. The first-order valence-electron chi connectivity index (χ1n) is 15.4. The largest absolute Gasteiger partial charge is 0.480 e. The van der Waals surface area contributed by atoms with Crippen molar-refractivity contribution >= 4 is 34.6 Å². The number of thiazole rings is 1. The van der Waals surface area contributed by atoms with Gasteiger partial charge < -0.3 is 15.2 Å². The first kappa shape index (κ1) is 30.8. The van der Waals surface area contributed by atoms with Gasteiger partial charge >= 0.3 is 12.1 Å². The van der Waals surface area contributed by atoms with Crippen molar-refractivity contribution in [2.45, 2.75) is 96.1 Å². The fourth-order valence-electron chi connectivity index (χ4n) is 6.62. The number of aromatic nitrogens is 1. The van der Waals surface area contributed by atoms with Gasteiger partial charge in [-0.15, -0.1) is 11.3 Å². The molecule has 2 aliphatic carbocycles. The minimum atomic E-state index is -4.54. The SMILES string of the molecule is NC1=NCC(C2CC(C(=O)OCCCC3CCCC3)=CN=C2OCCCC2CCCC2)=C(c2nc(C(F)(F)F)cs2)C1. The second-order valence-corrected chi connectivity index (χ2v) is 12.8. The van der Waals surface area contributed by atoms with Gasteiger partial charge in [0.2, 0.25) is 0 Å². The summed E-state index contributed by atoms with van der Waals surface area (Å²) in [5, 5.41) is 1.27. The Kier molecular flexibility index (Phi) is 10.4. The van der Waals surface area contributed by atoms with Gasteiger partial charge in [0.15, 0.2) is 11.6 Å². The fourth-order valence-corrected chi connectivity index (χ4v) is 7.53. The molecule has 2 fully saturated rings. The summed E-state index contributed by atoms with van der Waals surface area (Å²) in [5.41, 5.74) is 6.88. The quantitative estimate of drug-likeness (QED) is 0.208. The summed E-state index contributed by atoms with van der Waals surface area (Å²) in [7, 11) is 0. The number of alkyl halides is 3. The lowest BCUT2D eigenvalue weighted by molar-refractivity contribution is -0.141. The van der Waals surface area contributed by atoms with Crippen LogP contribution in [0.25, 0.3) is 5.57 Å². The van der Waals surface area contributed by atoms with Crippen LogP contribution in [0.2, 0.25) is 0 Å². The Balaban J connectivity index is 1.32. The lowest BCUT2D eigenvalue weighted by Gasteiger charge is -2.28. The minimum Gasteiger partial charge on any atom is -0.480 e. The highest BCUT2D eigenvalue weighted by Gasteiger charge is 2.37. The van der Waals surface area contributed by atoms with Crippen molar-refractivity contribution in [3.63, 3.8) is 0 Å². The number of nitrogens with two attached hydrogens (primary N) is 1. The number of hydrogen-bond donors (Lipinski definition) is 1. The zero-order valence-electron chi connectivity index (χ0n) is 24.1. The van der Waals surface area contributed by atoms with E-state index in [0.29, 0.717) is 36.1 Å². The van der Waals surface area contributed by atoms with Crippen molar-refractivity contribution in [3.05, 3.63) is 33.4 Å². The van der Waals surface area contributed by atoms with Gasteiger partial charge in [0.05, 0.1) is 37.1 Å². The van der Waals surface area contributed by atoms with Crippen molar-refractivity contribution in [1.29, 1.82) is 0 Å². The Morgan fingerprint density at radius 3 is 2.33 bits per heavy atom. The highest BCUT2D eigenvalue weighted by Crippen LogP contribution is 2.39. The fraction of sp³-hybridized carbons (Fsp3) is 0.677. The summed E-state index contributed by atoms with van der Waals surface area (Å²) >= 11 is 0.934. The van der Waals surface area contributed by atoms with E-state index in [1.54, 1.807) is 0 Å². The molecule has 0 amide bonds. The van der Waals surface area contributed by atoms with E-state index in [0.717, 1.165) is 59.8 Å². The third-order valence-corrected chi connectivity index (χ3v) is 9.85. The highest BCUT2D eigenvalue weighted by atomic mass is 32.1. The van der Waals surface area contributed by atoms with Gasteiger partial charge in [-0.1, -0.05) is 51.4 Å². The van der Waals surface area contributed by atoms with Gasteiger partial charge in [-0.2, -0.15) is 13.2 Å². The number of carbonyl (C=O) groups is 1. The number of carbonyl (C=O) groups excluding carboxylic acids is 1. The van der Waals surface area contributed by atoms with E-state index in [9.17, 15) is 18.0 Å². The maximum atomic E-state index is 13.4. The molecule has 0 aromatic carbocycles. The Hall–Kier alpha value is -2.69. The molecule has 0 spiro atoms. The molecule has 2 aliphatic heterocycles. The molecule has 4 aliphatic rings. The molecule has 0 radical (unpaired) electrons. The maximum Gasteiger partial charge on any atom is 0.434 e. The molecule has 2 N–H and O–H groups in total. The molecule has 1 aromatic heterocycles. The van der Waals surface area contributed by atoms with Gasteiger partial charge in [-0.25, -0.2) is 14.8 Å². The van der Waals surface area contributed by atoms with Gasteiger partial charge in [-0.3, -0.25) is 4.99 Å². The van der Waals surface area contributed by atoms with Crippen LogP contribution in [0, 0.1) is 17.8 Å². The van der Waals surface area contributed by atoms with Crippen LogP contribution in [0.4, 0.5) is 13.2 Å². The average Bonchev–Trinajstić information content (AvgIpc) is 3.77. The van der Waals surface area contributed by atoms with Crippen LogP contribution in [-0.2, 0) is 20.4 Å². The number of aliphatic imine (C=N–C) groups is 2. The lowest BCUT2D eigenvalue weighted by Crippen LogP contribution is -2.30. The molecule has 0 bridgehead atoms. The van der Waals surface area contributed by atoms with E-state index in [4.69, 9.17) is 15.2 Å².